The molecule has 0 aliphatic rings. The fourth-order valence-electron chi connectivity index (χ4n) is 1.70. The second-order valence-corrected chi connectivity index (χ2v) is 4.32. The average Bonchev–Trinajstić information content (AvgIpc) is 2.49. The van der Waals surface area contributed by atoms with Crippen LogP contribution in [0.5, 0.6) is 0 Å². The third-order valence-corrected chi connectivity index (χ3v) is 2.78. The van der Waals surface area contributed by atoms with Gasteiger partial charge in [-0.25, -0.2) is 9.78 Å². The molecule has 1 heterocycles. The van der Waals surface area contributed by atoms with Crippen molar-refractivity contribution in [2.75, 3.05) is 12.4 Å². The Kier molecular flexibility index (Phi) is 4.63. The van der Waals surface area contributed by atoms with E-state index in [0.717, 1.165) is 5.56 Å². The van der Waals surface area contributed by atoms with E-state index >= 15 is 0 Å². The van der Waals surface area contributed by atoms with Crippen LogP contribution in [0.15, 0.2) is 42.6 Å². The van der Waals surface area contributed by atoms with Gasteiger partial charge in [0, 0.05) is 18.9 Å². The minimum absolute atomic E-state index is 0.0666. The normalized spacial score (nSPS) is 10.1. The third-order valence-electron chi connectivity index (χ3n) is 2.78. The molecule has 0 saturated heterocycles. The summed E-state index contributed by atoms with van der Waals surface area (Å²) in [7, 11) is 1.60. The maximum atomic E-state index is 12.0. The number of carbonyl (C=O) groups excluding carboxylic acids is 1. The van der Waals surface area contributed by atoms with Crippen LogP contribution in [-0.2, 0) is 11.3 Å². The van der Waals surface area contributed by atoms with E-state index in [4.69, 9.17) is 9.84 Å². The smallest absolute Gasteiger partial charge is 0.337 e. The van der Waals surface area contributed by atoms with E-state index in [1.807, 2.05) is 0 Å². The predicted octanol–water partition coefficient (Wildman–Crippen LogP) is 2.18. The second kappa shape index (κ2) is 6.62. The molecule has 1 amide bonds. The number of benzene rings is 1. The Morgan fingerprint density at radius 1 is 1.14 bits per heavy atom. The molecule has 0 bridgehead atoms. The SMILES string of the molecule is COCc1ccc(C(=O)Nc2ccc(C(=O)O)cn2)cc1. The van der Waals surface area contributed by atoms with E-state index in [1.165, 1.54) is 18.3 Å². The Morgan fingerprint density at radius 2 is 1.81 bits per heavy atom. The van der Waals surface area contributed by atoms with E-state index in [9.17, 15) is 9.59 Å². The van der Waals surface area contributed by atoms with E-state index < -0.39 is 5.97 Å². The van der Waals surface area contributed by atoms with Crippen molar-refractivity contribution in [2.45, 2.75) is 6.61 Å². The zero-order valence-electron chi connectivity index (χ0n) is 11.4. The number of carboxylic acid groups (broad SMARTS) is 1. The summed E-state index contributed by atoms with van der Waals surface area (Å²) in [4.78, 5) is 26.6. The van der Waals surface area contributed by atoms with Gasteiger partial charge in [0.05, 0.1) is 12.2 Å². The van der Waals surface area contributed by atoms with Gasteiger partial charge in [0.25, 0.3) is 5.91 Å². The van der Waals surface area contributed by atoms with Crippen molar-refractivity contribution in [2.24, 2.45) is 0 Å². The quantitative estimate of drug-likeness (QED) is 0.879. The molecule has 0 fully saturated rings. The first-order valence-electron chi connectivity index (χ1n) is 6.18. The van der Waals surface area contributed by atoms with Crippen molar-refractivity contribution in [3.8, 4) is 0 Å². The molecule has 0 radical (unpaired) electrons. The van der Waals surface area contributed by atoms with Gasteiger partial charge >= 0.3 is 5.97 Å². The fourth-order valence-corrected chi connectivity index (χ4v) is 1.70. The summed E-state index contributed by atoms with van der Waals surface area (Å²) in [5.41, 5.74) is 1.52. The number of amides is 1. The van der Waals surface area contributed by atoms with Crippen LogP contribution < -0.4 is 5.32 Å². The summed E-state index contributed by atoms with van der Waals surface area (Å²) in [6, 6.07) is 9.82. The molecule has 6 heteroatoms. The Labute approximate surface area is 121 Å². The third kappa shape index (κ3) is 3.87. The molecule has 6 nitrogen and oxygen atoms in total. The maximum absolute atomic E-state index is 12.0. The molecule has 0 saturated carbocycles. The first-order chi connectivity index (χ1) is 10.1. The molecular formula is C15H14N2O4. The zero-order chi connectivity index (χ0) is 15.2. The van der Waals surface area contributed by atoms with Crippen molar-refractivity contribution in [3.05, 3.63) is 59.3 Å². The van der Waals surface area contributed by atoms with Gasteiger partial charge < -0.3 is 15.2 Å². The summed E-state index contributed by atoms with van der Waals surface area (Å²) >= 11 is 0. The van der Waals surface area contributed by atoms with E-state index in [1.54, 1.807) is 31.4 Å². The van der Waals surface area contributed by atoms with Crippen molar-refractivity contribution in [3.63, 3.8) is 0 Å². The molecule has 0 atom stereocenters. The van der Waals surface area contributed by atoms with Crippen LogP contribution in [0.25, 0.3) is 0 Å². The molecule has 2 rings (SSSR count). The summed E-state index contributed by atoms with van der Waals surface area (Å²) in [5.74, 6) is -1.07. The maximum Gasteiger partial charge on any atom is 0.337 e. The summed E-state index contributed by atoms with van der Waals surface area (Å²) in [6.07, 6.45) is 1.19. The largest absolute Gasteiger partial charge is 0.478 e. The lowest BCUT2D eigenvalue weighted by Crippen LogP contribution is -2.13. The Hall–Kier alpha value is -2.73. The van der Waals surface area contributed by atoms with Crippen LogP contribution >= 0.6 is 0 Å². The minimum atomic E-state index is -1.06. The number of anilines is 1. The molecule has 0 spiro atoms. The van der Waals surface area contributed by atoms with Crippen molar-refractivity contribution in [1.29, 1.82) is 0 Å². The Morgan fingerprint density at radius 3 is 2.33 bits per heavy atom. The second-order valence-electron chi connectivity index (χ2n) is 4.32. The predicted molar refractivity (Wildman–Crippen MR) is 76.3 cm³/mol. The highest BCUT2D eigenvalue weighted by molar-refractivity contribution is 6.03. The van der Waals surface area contributed by atoms with E-state index in [-0.39, 0.29) is 11.5 Å². The first-order valence-corrected chi connectivity index (χ1v) is 6.18. The van der Waals surface area contributed by atoms with Gasteiger partial charge in [-0.2, -0.15) is 0 Å². The van der Waals surface area contributed by atoms with Gasteiger partial charge in [0.15, 0.2) is 0 Å². The number of aromatic nitrogens is 1. The average molecular weight is 286 g/mol. The van der Waals surface area contributed by atoms with Crippen molar-refractivity contribution < 1.29 is 19.4 Å². The number of methoxy groups -OCH3 is 1. The lowest BCUT2D eigenvalue weighted by Gasteiger charge is -2.05. The number of nitrogens with zero attached hydrogens (tertiary/aromatic N) is 1. The van der Waals surface area contributed by atoms with Gasteiger partial charge in [-0.1, -0.05) is 12.1 Å². The monoisotopic (exact) mass is 286 g/mol. The molecule has 0 aliphatic carbocycles. The van der Waals surface area contributed by atoms with Crippen LogP contribution in [0.2, 0.25) is 0 Å². The Balaban J connectivity index is 2.05. The highest BCUT2D eigenvalue weighted by Crippen LogP contribution is 2.10. The molecule has 1 aromatic heterocycles. The number of nitrogens with one attached hydrogen (secondary N) is 1. The number of carbonyl (C=O) groups is 2. The minimum Gasteiger partial charge on any atom is -0.478 e. The molecule has 0 aliphatic heterocycles. The molecule has 2 aromatic rings. The van der Waals surface area contributed by atoms with Crippen LogP contribution in [0.1, 0.15) is 26.3 Å². The number of ether oxygens (including phenoxy) is 1. The van der Waals surface area contributed by atoms with Gasteiger partial charge in [-0.05, 0) is 29.8 Å². The topological polar surface area (TPSA) is 88.5 Å². The van der Waals surface area contributed by atoms with Crippen LogP contribution in [0.4, 0.5) is 5.82 Å². The van der Waals surface area contributed by atoms with Gasteiger partial charge in [-0.15, -0.1) is 0 Å². The van der Waals surface area contributed by atoms with E-state index in [2.05, 4.69) is 10.3 Å². The summed E-state index contributed by atoms with van der Waals surface area (Å²) in [5, 5.41) is 11.4. The molecule has 108 valence electrons. The summed E-state index contributed by atoms with van der Waals surface area (Å²) < 4.78 is 5.00. The lowest BCUT2D eigenvalue weighted by molar-refractivity contribution is 0.0696. The number of pyridine rings is 1. The number of hydrogen-bond donors (Lipinski definition) is 2. The molecule has 21 heavy (non-hydrogen) atoms. The zero-order valence-corrected chi connectivity index (χ0v) is 11.4. The number of hydrogen-bond acceptors (Lipinski definition) is 4. The first kappa shape index (κ1) is 14.7. The molecular weight excluding hydrogens is 272 g/mol. The highest BCUT2D eigenvalue weighted by atomic mass is 16.5. The molecule has 1 aromatic carbocycles. The lowest BCUT2D eigenvalue weighted by atomic mass is 10.1. The Bertz CT molecular complexity index is 636. The highest BCUT2D eigenvalue weighted by Gasteiger charge is 2.08. The molecule has 0 unspecified atom stereocenters. The standard InChI is InChI=1S/C15H14N2O4/c1-21-9-10-2-4-11(5-3-10)14(18)17-13-7-6-12(8-16-13)15(19)20/h2-8H,9H2,1H3,(H,19,20)(H,16,17,18). The number of rotatable bonds is 5. The van der Waals surface area contributed by atoms with Gasteiger partial charge in [-0.3, -0.25) is 4.79 Å². The number of aromatic carboxylic acids is 1. The van der Waals surface area contributed by atoms with Gasteiger partial charge in [0.2, 0.25) is 0 Å². The van der Waals surface area contributed by atoms with Crippen LogP contribution in [-0.4, -0.2) is 29.1 Å². The molecule has 2 N–H and O–H groups in total. The fraction of sp³-hybridized carbons (Fsp3) is 0.133. The van der Waals surface area contributed by atoms with Gasteiger partial charge in [0.1, 0.15) is 5.82 Å². The van der Waals surface area contributed by atoms with Crippen LogP contribution in [0, 0.1) is 0 Å². The van der Waals surface area contributed by atoms with Crippen LogP contribution in [0.3, 0.4) is 0 Å². The summed E-state index contributed by atoms with van der Waals surface area (Å²) in [6.45, 7) is 0.486. The van der Waals surface area contributed by atoms with E-state index in [0.29, 0.717) is 18.0 Å². The van der Waals surface area contributed by atoms with Crippen molar-refractivity contribution >= 4 is 17.7 Å². The number of carboxylic acids is 1. The van der Waals surface area contributed by atoms with Crippen molar-refractivity contribution in [1.82, 2.24) is 4.98 Å².